The predicted octanol–water partition coefficient (Wildman–Crippen LogP) is 8.88. The van der Waals surface area contributed by atoms with Gasteiger partial charge in [0.1, 0.15) is 12.7 Å². The molecular formula is C38H68NO10P. The molecule has 0 bridgehead atoms. The van der Waals surface area contributed by atoms with E-state index in [2.05, 4.69) is 55.6 Å². The maximum Gasteiger partial charge on any atom is 0.472 e. The second kappa shape index (κ2) is 33.8. The summed E-state index contributed by atoms with van der Waals surface area (Å²) in [5, 5.41) is 21.7. The highest BCUT2D eigenvalue weighted by Gasteiger charge is 2.28. The van der Waals surface area contributed by atoms with E-state index in [4.69, 9.17) is 13.8 Å². The smallest absolute Gasteiger partial charge is 0.472 e. The monoisotopic (exact) mass is 729 g/mol. The van der Waals surface area contributed by atoms with Gasteiger partial charge in [-0.3, -0.25) is 18.6 Å². The number of carbonyl (C=O) groups excluding carboxylic acids is 2. The van der Waals surface area contributed by atoms with Crippen LogP contribution in [0.25, 0.3) is 0 Å². The fourth-order valence-electron chi connectivity index (χ4n) is 4.85. The Bertz CT molecular complexity index is 1000. The van der Waals surface area contributed by atoms with Crippen LogP contribution in [-0.2, 0) is 32.7 Å². The van der Waals surface area contributed by atoms with Crippen LogP contribution in [-0.4, -0.2) is 64.9 Å². The van der Waals surface area contributed by atoms with Crippen LogP contribution in [0.1, 0.15) is 155 Å². The molecule has 12 heteroatoms. The molecule has 50 heavy (non-hydrogen) atoms. The Labute approximate surface area is 301 Å². The average Bonchev–Trinajstić information content (AvgIpc) is 3.08. The number of allylic oxidation sites excluding steroid dienone is 6. The number of ether oxygens (including phenoxy) is 1. The summed E-state index contributed by atoms with van der Waals surface area (Å²) in [6, 6.07) is -1.55. The Kier molecular flexibility index (Phi) is 32.3. The van der Waals surface area contributed by atoms with E-state index in [9.17, 15) is 34.1 Å². The van der Waals surface area contributed by atoms with Gasteiger partial charge in [-0.25, -0.2) is 9.36 Å². The molecule has 0 aromatic carbocycles. The quantitative estimate of drug-likeness (QED) is 0.0214. The number of aliphatic hydroxyl groups is 1. The van der Waals surface area contributed by atoms with E-state index < -0.39 is 57.6 Å². The molecule has 1 amide bonds. The lowest BCUT2D eigenvalue weighted by Gasteiger charge is -2.18. The third kappa shape index (κ3) is 32.9. The van der Waals surface area contributed by atoms with Gasteiger partial charge < -0.3 is 25.2 Å². The lowest BCUT2D eigenvalue weighted by Crippen LogP contribution is -2.43. The van der Waals surface area contributed by atoms with Crippen LogP contribution in [0.2, 0.25) is 0 Å². The summed E-state index contributed by atoms with van der Waals surface area (Å²) < 4.78 is 26.7. The first-order valence-corrected chi connectivity index (χ1v) is 20.5. The Morgan fingerprint density at radius 2 is 1.12 bits per heavy atom. The Morgan fingerprint density at radius 1 is 0.640 bits per heavy atom. The molecule has 0 saturated heterocycles. The minimum Gasteiger partial charge on any atom is -0.480 e. The first-order chi connectivity index (χ1) is 24.1. The molecule has 0 aromatic heterocycles. The van der Waals surface area contributed by atoms with Gasteiger partial charge in [-0.15, -0.1) is 0 Å². The van der Waals surface area contributed by atoms with Crippen molar-refractivity contribution in [2.45, 2.75) is 167 Å². The number of carboxylic acid groups (broad SMARTS) is 1. The van der Waals surface area contributed by atoms with Gasteiger partial charge in [-0.05, 0) is 64.2 Å². The molecule has 0 fully saturated rings. The molecule has 0 rings (SSSR count). The van der Waals surface area contributed by atoms with Crippen LogP contribution in [0.15, 0.2) is 36.5 Å². The van der Waals surface area contributed by atoms with E-state index in [1.165, 1.54) is 32.1 Å². The van der Waals surface area contributed by atoms with E-state index in [1.54, 1.807) is 0 Å². The molecular weight excluding hydrogens is 661 g/mol. The number of aliphatic carboxylic acids is 1. The zero-order valence-corrected chi connectivity index (χ0v) is 31.8. The highest BCUT2D eigenvalue weighted by molar-refractivity contribution is 7.47. The molecule has 0 aromatic rings. The second-order valence-corrected chi connectivity index (χ2v) is 14.2. The summed E-state index contributed by atoms with van der Waals surface area (Å²) >= 11 is 0. The van der Waals surface area contributed by atoms with Gasteiger partial charge in [0.05, 0.1) is 13.2 Å². The first-order valence-electron chi connectivity index (χ1n) is 19.0. The van der Waals surface area contributed by atoms with Gasteiger partial charge in [0.15, 0.2) is 6.04 Å². The van der Waals surface area contributed by atoms with Gasteiger partial charge >= 0.3 is 19.8 Å². The van der Waals surface area contributed by atoms with E-state index in [0.29, 0.717) is 12.8 Å². The number of carboxylic acids is 1. The van der Waals surface area contributed by atoms with E-state index in [-0.39, 0.29) is 12.8 Å². The largest absolute Gasteiger partial charge is 0.480 e. The number of unbranched alkanes of at least 4 members (excludes halogenated alkanes) is 15. The van der Waals surface area contributed by atoms with Gasteiger partial charge in [0, 0.05) is 12.8 Å². The van der Waals surface area contributed by atoms with E-state index in [0.717, 1.165) is 83.5 Å². The number of hydrogen-bond donors (Lipinski definition) is 4. The van der Waals surface area contributed by atoms with Crippen molar-refractivity contribution >= 4 is 25.7 Å². The second-order valence-electron chi connectivity index (χ2n) is 12.8. The van der Waals surface area contributed by atoms with Crippen molar-refractivity contribution in [3.63, 3.8) is 0 Å². The highest BCUT2D eigenvalue weighted by Crippen LogP contribution is 2.43. The predicted molar refractivity (Wildman–Crippen MR) is 199 cm³/mol. The SMILES string of the molecule is CCCC/C=C\CCCCCCCC(=O)OCC(O)COP(=O)(O)OCC(NC(=O)CCCCCCC/C=C\C/C=C\CCCCC)C(=O)O. The Balaban J connectivity index is 4.01. The summed E-state index contributed by atoms with van der Waals surface area (Å²) in [4.78, 5) is 45.7. The molecule has 0 heterocycles. The van der Waals surface area contributed by atoms with Crippen molar-refractivity contribution in [1.29, 1.82) is 0 Å². The first kappa shape index (κ1) is 47.7. The Hall–Kier alpha value is -2.30. The summed E-state index contributed by atoms with van der Waals surface area (Å²) in [6.07, 6.45) is 33.2. The number of rotatable bonds is 35. The fraction of sp³-hybridized carbons (Fsp3) is 0.763. The third-order valence-electron chi connectivity index (χ3n) is 7.90. The number of esters is 1. The summed E-state index contributed by atoms with van der Waals surface area (Å²) in [6.45, 7) is 2.48. The van der Waals surface area contributed by atoms with Gasteiger partial charge in [-0.2, -0.15) is 0 Å². The molecule has 0 spiro atoms. The molecule has 0 aliphatic heterocycles. The van der Waals surface area contributed by atoms with Crippen LogP contribution in [0, 0.1) is 0 Å². The number of nitrogens with one attached hydrogen (secondary N) is 1. The molecule has 3 unspecified atom stereocenters. The topological polar surface area (TPSA) is 169 Å². The van der Waals surface area contributed by atoms with Crippen molar-refractivity contribution in [3.05, 3.63) is 36.5 Å². The zero-order valence-electron chi connectivity index (χ0n) is 30.9. The lowest BCUT2D eigenvalue weighted by atomic mass is 10.1. The van der Waals surface area contributed by atoms with Crippen molar-refractivity contribution in [2.75, 3.05) is 19.8 Å². The van der Waals surface area contributed by atoms with Crippen LogP contribution in [0.4, 0.5) is 0 Å². The van der Waals surface area contributed by atoms with Crippen LogP contribution >= 0.6 is 7.82 Å². The van der Waals surface area contributed by atoms with Gasteiger partial charge in [-0.1, -0.05) is 115 Å². The summed E-state index contributed by atoms with van der Waals surface area (Å²) in [7, 11) is -4.75. The number of aliphatic hydroxyl groups excluding tert-OH is 1. The van der Waals surface area contributed by atoms with Crippen LogP contribution < -0.4 is 5.32 Å². The minimum atomic E-state index is -4.75. The molecule has 4 N–H and O–H groups in total. The summed E-state index contributed by atoms with van der Waals surface area (Å²) in [5.41, 5.74) is 0. The molecule has 0 saturated carbocycles. The molecule has 0 aliphatic rings. The van der Waals surface area contributed by atoms with E-state index >= 15 is 0 Å². The molecule has 11 nitrogen and oxygen atoms in total. The van der Waals surface area contributed by atoms with Crippen molar-refractivity contribution in [2.24, 2.45) is 0 Å². The minimum absolute atomic E-state index is 0.129. The number of amides is 1. The molecule has 0 aliphatic carbocycles. The van der Waals surface area contributed by atoms with Crippen molar-refractivity contribution in [1.82, 2.24) is 5.32 Å². The number of phosphoric acid groups is 1. The fourth-order valence-corrected chi connectivity index (χ4v) is 5.63. The molecule has 0 radical (unpaired) electrons. The number of carbonyl (C=O) groups is 3. The normalized spacial score (nSPS) is 14.3. The van der Waals surface area contributed by atoms with Crippen molar-refractivity contribution < 1.29 is 47.8 Å². The number of phosphoric ester groups is 1. The van der Waals surface area contributed by atoms with Gasteiger partial charge in [0.2, 0.25) is 5.91 Å². The van der Waals surface area contributed by atoms with Gasteiger partial charge in [0.25, 0.3) is 0 Å². The summed E-state index contributed by atoms with van der Waals surface area (Å²) in [5.74, 6) is -2.41. The zero-order chi connectivity index (χ0) is 37.1. The van der Waals surface area contributed by atoms with Crippen molar-refractivity contribution in [3.8, 4) is 0 Å². The molecule has 3 atom stereocenters. The maximum absolute atomic E-state index is 12.2. The van der Waals surface area contributed by atoms with Crippen LogP contribution in [0.3, 0.4) is 0 Å². The highest BCUT2D eigenvalue weighted by atomic mass is 31.2. The standard InChI is InChI=1S/C38H68NO10P/c1-3-5-7-9-11-13-15-16-17-18-20-21-23-25-27-29-36(41)39-35(38(43)44)33-49-50(45,46)48-32-34(40)31-47-37(42)30-28-26-24-22-19-14-12-10-8-6-4-2/h10-13,16-17,34-35,40H,3-9,14-15,18-33H2,1-2H3,(H,39,41)(H,43,44)(H,45,46)/b12-10-,13-11-,17-16-. The Morgan fingerprint density at radius 3 is 1.70 bits per heavy atom. The third-order valence-corrected chi connectivity index (χ3v) is 8.85. The average molecular weight is 730 g/mol. The molecule has 290 valence electrons. The maximum atomic E-state index is 12.2. The number of hydrogen-bond acceptors (Lipinski definition) is 8. The van der Waals surface area contributed by atoms with E-state index in [1.807, 2.05) is 0 Å². The lowest BCUT2D eigenvalue weighted by molar-refractivity contribution is -0.147. The van der Waals surface area contributed by atoms with Crippen LogP contribution in [0.5, 0.6) is 0 Å².